The summed E-state index contributed by atoms with van der Waals surface area (Å²) in [7, 11) is 0. The predicted octanol–water partition coefficient (Wildman–Crippen LogP) is 2.45. The highest BCUT2D eigenvalue weighted by Crippen LogP contribution is 2.37. The van der Waals surface area contributed by atoms with Crippen LogP contribution in [0.5, 0.6) is 5.75 Å². The second-order valence-corrected chi connectivity index (χ2v) is 7.10. The second-order valence-electron chi connectivity index (χ2n) is 7.10. The van der Waals surface area contributed by atoms with Crippen molar-refractivity contribution in [3.8, 4) is 5.75 Å². The van der Waals surface area contributed by atoms with E-state index in [1.807, 2.05) is 13.8 Å². The number of fused-ring (bicyclic) bond motifs is 1. The van der Waals surface area contributed by atoms with Crippen LogP contribution < -0.4 is 15.1 Å². The molecule has 1 amide bonds. The fraction of sp³-hybridized carbons (Fsp3) is 0.421. The van der Waals surface area contributed by atoms with Crippen molar-refractivity contribution in [1.82, 2.24) is 5.32 Å². The zero-order valence-corrected chi connectivity index (χ0v) is 16.1. The van der Waals surface area contributed by atoms with Crippen molar-refractivity contribution in [3.63, 3.8) is 0 Å². The third-order valence-electron chi connectivity index (χ3n) is 5.17. The van der Waals surface area contributed by atoms with E-state index in [-0.39, 0.29) is 29.0 Å². The molecule has 0 radical (unpaired) electrons. The number of aliphatic imine (C=N–C) groups is 1. The van der Waals surface area contributed by atoms with Crippen molar-refractivity contribution in [2.45, 2.75) is 32.4 Å². The van der Waals surface area contributed by atoms with Crippen molar-refractivity contribution >= 4 is 29.5 Å². The molecule has 1 aromatic carbocycles. The number of carbonyl (C=O) groups is 2. The molecule has 0 saturated carbocycles. The first-order chi connectivity index (χ1) is 13.7. The van der Waals surface area contributed by atoms with Gasteiger partial charge in [0, 0.05) is 5.56 Å². The normalized spacial score (nSPS) is 23.4. The average molecular weight is 409 g/mol. The van der Waals surface area contributed by atoms with Gasteiger partial charge in [-0.2, -0.15) is 0 Å². The molecule has 2 heterocycles. The van der Waals surface area contributed by atoms with Gasteiger partial charge in [0.1, 0.15) is 23.2 Å². The number of carboxylic acids is 1. The topological polar surface area (TPSA) is 100 Å². The van der Waals surface area contributed by atoms with Crippen LogP contribution in [0.3, 0.4) is 0 Å². The molecular weight excluding hydrogens is 388 g/mol. The molecule has 8 nitrogen and oxygen atoms in total. The first-order valence-corrected chi connectivity index (χ1v) is 8.90. The van der Waals surface area contributed by atoms with Crippen LogP contribution >= 0.6 is 0 Å². The van der Waals surface area contributed by atoms with Gasteiger partial charge in [-0.05, 0) is 37.1 Å². The Kier molecular flexibility index (Phi) is 5.56. The zero-order valence-electron chi connectivity index (χ0n) is 16.1. The number of amides is 1. The number of rotatable bonds is 7. The third-order valence-corrected chi connectivity index (χ3v) is 5.17. The quantitative estimate of drug-likeness (QED) is 0.718. The van der Waals surface area contributed by atoms with E-state index in [0.717, 1.165) is 5.06 Å². The van der Waals surface area contributed by atoms with Crippen LogP contribution in [0.4, 0.5) is 14.5 Å². The first-order valence-electron chi connectivity index (χ1n) is 8.90. The molecule has 1 aromatic rings. The lowest BCUT2D eigenvalue weighted by Crippen LogP contribution is -2.51. The third kappa shape index (κ3) is 3.55. The number of halogens is 2. The van der Waals surface area contributed by atoms with Crippen molar-refractivity contribution < 1.29 is 33.1 Å². The van der Waals surface area contributed by atoms with Gasteiger partial charge in [-0.3, -0.25) is 9.79 Å². The van der Waals surface area contributed by atoms with Gasteiger partial charge in [-0.15, -0.1) is 0 Å². The minimum Gasteiger partial charge on any atom is -0.478 e. The summed E-state index contributed by atoms with van der Waals surface area (Å²) >= 11 is 0. The molecule has 2 atom stereocenters. The van der Waals surface area contributed by atoms with Crippen LogP contribution in [0.25, 0.3) is 6.08 Å². The summed E-state index contributed by atoms with van der Waals surface area (Å²) in [5.41, 5.74) is -0.650. The number of ether oxygens (including phenoxy) is 1. The Hall–Kier alpha value is -3.01. The van der Waals surface area contributed by atoms with Crippen molar-refractivity contribution in [3.05, 3.63) is 29.3 Å². The van der Waals surface area contributed by atoms with E-state index >= 15 is 0 Å². The Morgan fingerprint density at radius 2 is 2.10 bits per heavy atom. The maximum absolute atomic E-state index is 13.2. The van der Waals surface area contributed by atoms with E-state index in [0.29, 0.717) is 11.3 Å². The molecule has 10 heteroatoms. The van der Waals surface area contributed by atoms with E-state index in [1.54, 1.807) is 6.92 Å². The summed E-state index contributed by atoms with van der Waals surface area (Å²) in [6, 6.07) is 3.15. The lowest BCUT2D eigenvalue weighted by Gasteiger charge is -2.35. The Labute approximate surface area is 165 Å². The molecule has 0 aromatic heterocycles. The minimum atomic E-state index is -1.31. The summed E-state index contributed by atoms with van der Waals surface area (Å²) in [6.07, 6.45) is 1.34. The van der Waals surface area contributed by atoms with Gasteiger partial charge in [0.05, 0.1) is 11.3 Å². The van der Waals surface area contributed by atoms with Gasteiger partial charge in [-0.1, -0.05) is 13.8 Å². The molecule has 0 bridgehead atoms. The average Bonchev–Trinajstić information content (AvgIpc) is 2.97. The predicted molar refractivity (Wildman–Crippen MR) is 101 cm³/mol. The summed E-state index contributed by atoms with van der Waals surface area (Å²) < 4.78 is 30.5. The fourth-order valence-corrected chi connectivity index (χ4v) is 3.24. The summed E-state index contributed by atoms with van der Waals surface area (Å²) in [5, 5.41) is 13.4. The molecular formula is C19H21F2N3O5. The zero-order chi connectivity index (χ0) is 21.3. The maximum Gasteiger partial charge on any atom is 0.334 e. The molecule has 0 saturated heterocycles. The lowest BCUT2D eigenvalue weighted by molar-refractivity contribution is -0.133. The molecule has 2 unspecified atom stereocenters. The Bertz CT molecular complexity index is 902. The van der Waals surface area contributed by atoms with E-state index in [4.69, 9.17) is 9.57 Å². The highest BCUT2D eigenvalue weighted by atomic mass is 19.1. The monoisotopic (exact) mass is 409 g/mol. The summed E-state index contributed by atoms with van der Waals surface area (Å²) in [5.74, 6) is -1.64. The van der Waals surface area contributed by atoms with E-state index in [1.165, 1.54) is 24.3 Å². The highest BCUT2D eigenvalue weighted by molar-refractivity contribution is 6.16. The van der Waals surface area contributed by atoms with Crippen LogP contribution in [0.1, 0.15) is 26.3 Å². The van der Waals surface area contributed by atoms with Gasteiger partial charge in [0.25, 0.3) is 5.91 Å². The van der Waals surface area contributed by atoms with Gasteiger partial charge < -0.3 is 15.2 Å². The smallest absolute Gasteiger partial charge is 0.334 e. The second kappa shape index (κ2) is 7.78. The molecule has 2 N–H and O–H groups in total. The number of anilines is 1. The number of hydrogen-bond donors (Lipinski definition) is 2. The number of hydrogen-bond acceptors (Lipinski definition) is 6. The standard InChI is InChI=1S/C19H21F2N3O5/c1-10(2)19(3)18(27)22-16(23-19)15-13(17(25)26)7-11-6-12(28-8-20)4-5-14(11)24(15)29-9-21/h4-7,10,15H,8-9H2,1-3H3,(H,25,26)(H,22,23,27). The van der Waals surface area contributed by atoms with Gasteiger partial charge >= 0.3 is 5.97 Å². The number of carbonyl (C=O) groups excluding carboxylic acids is 1. The van der Waals surface area contributed by atoms with Crippen molar-refractivity contribution in [2.75, 3.05) is 18.8 Å². The Morgan fingerprint density at radius 3 is 2.66 bits per heavy atom. The minimum absolute atomic E-state index is 0.0445. The van der Waals surface area contributed by atoms with E-state index in [2.05, 4.69) is 10.3 Å². The summed E-state index contributed by atoms with van der Waals surface area (Å²) in [4.78, 5) is 34.0. The van der Waals surface area contributed by atoms with Gasteiger partial charge in [-0.25, -0.2) is 23.5 Å². The van der Waals surface area contributed by atoms with Crippen LogP contribution in [0.2, 0.25) is 0 Å². The van der Waals surface area contributed by atoms with Crippen LogP contribution in [0, 0.1) is 5.92 Å². The Morgan fingerprint density at radius 1 is 1.38 bits per heavy atom. The number of nitrogens with one attached hydrogen (secondary N) is 1. The molecule has 2 aliphatic rings. The molecule has 156 valence electrons. The molecule has 0 spiro atoms. The number of carboxylic acid groups (broad SMARTS) is 1. The van der Waals surface area contributed by atoms with Crippen LogP contribution in [-0.4, -0.2) is 48.1 Å². The van der Waals surface area contributed by atoms with Crippen LogP contribution in [0.15, 0.2) is 28.8 Å². The molecule has 2 aliphatic heterocycles. The molecule has 3 rings (SSSR count). The largest absolute Gasteiger partial charge is 0.478 e. The molecule has 29 heavy (non-hydrogen) atoms. The molecule has 0 fully saturated rings. The fourth-order valence-electron chi connectivity index (χ4n) is 3.24. The Balaban J connectivity index is 2.14. The number of amidine groups is 1. The number of aliphatic carboxylic acids is 1. The van der Waals surface area contributed by atoms with Crippen molar-refractivity contribution in [2.24, 2.45) is 10.9 Å². The first kappa shape index (κ1) is 20.7. The number of hydroxylamine groups is 1. The number of benzene rings is 1. The molecule has 0 aliphatic carbocycles. The lowest BCUT2D eigenvalue weighted by atomic mass is 9.89. The number of nitrogens with zero attached hydrogens (tertiary/aromatic N) is 2. The van der Waals surface area contributed by atoms with E-state index < -0.39 is 31.3 Å². The van der Waals surface area contributed by atoms with Crippen molar-refractivity contribution in [1.29, 1.82) is 0 Å². The van der Waals surface area contributed by atoms with Crippen LogP contribution in [-0.2, 0) is 14.4 Å². The van der Waals surface area contributed by atoms with Gasteiger partial charge in [0.15, 0.2) is 0 Å². The van der Waals surface area contributed by atoms with E-state index in [9.17, 15) is 23.5 Å². The number of alkyl halides is 2. The SMILES string of the molecule is CC(C)C1(C)N=C(C2C(C(=O)O)=Cc3cc(OCF)ccc3N2OCF)NC1=O. The highest BCUT2D eigenvalue weighted by Gasteiger charge is 2.47. The van der Waals surface area contributed by atoms with Gasteiger partial charge in [0.2, 0.25) is 13.7 Å². The summed E-state index contributed by atoms with van der Waals surface area (Å²) in [6.45, 7) is 2.98. The maximum atomic E-state index is 13.2.